The summed E-state index contributed by atoms with van der Waals surface area (Å²) in [7, 11) is 0. The van der Waals surface area contributed by atoms with Gasteiger partial charge in [0, 0.05) is 18.4 Å². The number of hydrogen-bond acceptors (Lipinski definition) is 1. The summed E-state index contributed by atoms with van der Waals surface area (Å²) in [5.74, 6) is 0.182. The average Bonchev–Trinajstić information content (AvgIpc) is 2.72. The van der Waals surface area contributed by atoms with Crippen molar-refractivity contribution in [1.82, 2.24) is 5.32 Å². The molecule has 1 amide bonds. The standard InChI is InChI=1S/C25H27NO/c1-20(17-18-21-11-5-2-6-12-21)26-25(27)19-24(22-13-7-3-8-14-22)23-15-9-4-10-16-23/h2-16,20,24H,17-19H2,1H3,(H,26,27)/t20-/m0/s1. The quantitative estimate of drug-likeness (QED) is 0.579. The summed E-state index contributed by atoms with van der Waals surface area (Å²) in [5, 5.41) is 3.18. The first-order valence-electron chi connectivity index (χ1n) is 9.65. The summed E-state index contributed by atoms with van der Waals surface area (Å²) < 4.78 is 0. The molecule has 0 heterocycles. The van der Waals surface area contributed by atoms with Crippen molar-refractivity contribution in [1.29, 1.82) is 0 Å². The van der Waals surface area contributed by atoms with Crippen molar-refractivity contribution in [2.75, 3.05) is 0 Å². The number of nitrogens with one attached hydrogen (secondary N) is 1. The lowest BCUT2D eigenvalue weighted by molar-refractivity contribution is -0.121. The molecule has 0 aliphatic carbocycles. The number of hydrogen-bond donors (Lipinski definition) is 1. The van der Waals surface area contributed by atoms with Gasteiger partial charge in [-0.25, -0.2) is 0 Å². The van der Waals surface area contributed by atoms with E-state index in [4.69, 9.17) is 0 Å². The maximum absolute atomic E-state index is 12.7. The fourth-order valence-electron chi connectivity index (χ4n) is 3.42. The SMILES string of the molecule is C[C@@H](CCc1ccccc1)NC(=O)CC(c1ccccc1)c1ccccc1. The molecule has 0 aliphatic heterocycles. The molecule has 0 spiro atoms. The highest BCUT2D eigenvalue weighted by Crippen LogP contribution is 2.27. The van der Waals surface area contributed by atoms with Gasteiger partial charge in [0.15, 0.2) is 0 Å². The van der Waals surface area contributed by atoms with E-state index in [0.29, 0.717) is 6.42 Å². The van der Waals surface area contributed by atoms with Crippen LogP contribution in [0.3, 0.4) is 0 Å². The topological polar surface area (TPSA) is 29.1 Å². The molecule has 0 bridgehead atoms. The van der Waals surface area contributed by atoms with E-state index in [1.807, 2.05) is 42.5 Å². The van der Waals surface area contributed by atoms with Crippen molar-refractivity contribution < 1.29 is 4.79 Å². The van der Waals surface area contributed by atoms with Crippen molar-refractivity contribution in [2.45, 2.75) is 38.1 Å². The smallest absolute Gasteiger partial charge is 0.221 e. The van der Waals surface area contributed by atoms with Gasteiger partial charge < -0.3 is 5.32 Å². The number of rotatable bonds is 8. The van der Waals surface area contributed by atoms with Crippen molar-refractivity contribution in [3.8, 4) is 0 Å². The van der Waals surface area contributed by atoms with Gasteiger partial charge in [0.25, 0.3) is 0 Å². The van der Waals surface area contributed by atoms with E-state index in [1.54, 1.807) is 0 Å². The summed E-state index contributed by atoms with van der Waals surface area (Å²) in [6, 6.07) is 31.1. The predicted octanol–water partition coefficient (Wildman–Crippen LogP) is 5.35. The molecule has 3 rings (SSSR count). The van der Waals surface area contributed by atoms with Crippen LogP contribution >= 0.6 is 0 Å². The van der Waals surface area contributed by atoms with Gasteiger partial charge in [0.05, 0.1) is 0 Å². The van der Waals surface area contributed by atoms with E-state index in [0.717, 1.165) is 12.8 Å². The maximum Gasteiger partial charge on any atom is 0.221 e. The lowest BCUT2D eigenvalue weighted by atomic mass is 9.88. The number of aryl methyl sites for hydroxylation is 1. The number of benzene rings is 3. The number of carbonyl (C=O) groups excluding carboxylic acids is 1. The van der Waals surface area contributed by atoms with E-state index >= 15 is 0 Å². The molecule has 3 aromatic rings. The maximum atomic E-state index is 12.7. The Labute approximate surface area is 162 Å². The largest absolute Gasteiger partial charge is 0.354 e. The van der Waals surface area contributed by atoms with Crippen molar-refractivity contribution in [3.63, 3.8) is 0 Å². The molecule has 0 saturated heterocycles. The fourth-order valence-corrected chi connectivity index (χ4v) is 3.42. The molecule has 0 unspecified atom stereocenters. The first kappa shape index (κ1) is 18.9. The minimum Gasteiger partial charge on any atom is -0.354 e. The highest BCUT2D eigenvalue weighted by atomic mass is 16.1. The summed E-state index contributed by atoms with van der Waals surface area (Å²) in [6.45, 7) is 2.08. The normalized spacial score (nSPS) is 11.9. The van der Waals surface area contributed by atoms with Gasteiger partial charge in [0.1, 0.15) is 0 Å². The minimum atomic E-state index is 0.0775. The third kappa shape index (κ3) is 5.82. The third-order valence-electron chi connectivity index (χ3n) is 4.91. The van der Waals surface area contributed by atoms with Gasteiger partial charge in [-0.05, 0) is 36.5 Å². The number of amides is 1. The van der Waals surface area contributed by atoms with Gasteiger partial charge >= 0.3 is 0 Å². The van der Waals surface area contributed by atoms with Crippen LogP contribution in [-0.4, -0.2) is 11.9 Å². The van der Waals surface area contributed by atoms with E-state index in [-0.39, 0.29) is 17.9 Å². The number of carbonyl (C=O) groups is 1. The molecule has 2 nitrogen and oxygen atoms in total. The Bertz CT molecular complexity index is 775. The average molecular weight is 357 g/mol. The van der Waals surface area contributed by atoms with Crippen LogP contribution in [0.4, 0.5) is 0 Å². The first-order chi connectivity index (χ1) is 13.2. The molecule has 138 valence electrons. The van der Waals surface area contributed by atoms with E-state index in [9.17, 15) is 4.79 Å². The fraction of sp³-hybridized carbons (Fsp3) is 0.240. The van der Waals surface area contributed by atoms with Crippen molar-refractivity contribution in [3.05, 3.63) is 108 Å². The predicted molar refractivity (Wildman–Crippen MR) is 112 cm³/mol. The van der Waals surface area contributed by atoms with Gasteiger partial charge in [-0.3, -0.25) is 4.79 Å². The third-order valence-corrected chi connectivity index (χ3v) is 4.91. The zero-order valence-electron chi connectivity index (χ0n) is 15.8. The molecular weight excluding hydrogens is 330 g/mol. The van der Waals surface area contributed by atoms with E-state index in [1.165, 1.54) is 16.7 Å². The molecule has 2 heteroatoms. The Morgan fingerprint density at radius 3 is 1.78 bits per heavy atom. The summed E-state index contributed by atoms with van der Waals surface area (Å²) in [5.41, 5.74) is 3.66. The van der Waals surface area contributed by atoms with Crippen LogP contribution in [0, 0.1) is 0 Å². The molecule has 27 heavy (non-hydrogen) atoms. The molecule has 0 fully saturated rings. The van der Waals surface area contributed by atoms with Gasteiger partial charge in [-0.2, -0.15) is 0 Å². The Hall–Kier alpha value is -2.87. The molecule has 0 radical (unpaired) electrons. The lowest BCUT2D eigenvalue weighted by Gasteiger charge is -2.20. The van der Waals surface area contributed by atoms with Crippen LogP contribution in [0.2, 0.25) is 0 Å². The van der Waals surface area contributed by atoms with Crippen LogP contribution in [0.15, 0.2) is 91.0 Å². The molecule has 0 aromatic heterocycles. The Balaban J connectivity index is 1.61. The Kier molecular flexibility index (Phi) is 6.81. The second-order valence-corrected chi connectivity index (χ2v) is 7.07. The monoisotopic (exact) mass is 357 g/mol. The lowest BCUT2D eigenvalue weighted by Crippen LogP contribution is -2.33. The minimum absolute atomic E-state index is 0.0775. The second kappa shape index (κ2) is 9.72. The van der Waals surface area contributed by atoms with Crippen LogP contribution in [0.1, 0.15) is 42.4 Å². The van der Waals surface area contributed by atoms with Crippen LogP contribution < -0.4 is 5.32 Å². The molecular formula is C25H27NO. The summed E-state index contributed by atoms with van der Waals surface area (Å²) in [4.78, 5) is 12.7. The summed E-state index contributed by atoms with van der Waals surface area (Å²) >= 11 is 0. The van der Waals surface area contributed by atoms with E-state index < -0.39 is 0 Å². The van der Waals surface area contributed by atoms with Gasteiger partial charge in [-0.1, -0.05) is 91.0 Å². The van der Waals surface area contributed by atoms with Gasteiger partial charge in [-0.15, -0.1) is 0 Å². The zero-order chi connectivity index (χ0) is 18.9. The second-order valence-electron chi connectivity index (χ2n) is 7.07. The first-order valence-corrected chi connectivity index (χ1v) is 9.65. The molecule has 0 saturated carbocycles. The van der Waals surface area contributed by atoms with Crippen molar-refractivity contribution >= 4 is 5.91 Å². The summed E-state index contributed by atoms with van der Waals surface area (Å²) in [6.07, 6.45) is 2.38. The Morgan fingerprint density at radius 2 is 1.26 bits per heavy atom. The van der Waals surface area contributed by atoms with Crippen LogP contribution in [0.5, 0.6) is 0 Å². The molecule has 1 N–H and O–H groups in total. The van der Waals surface area contributed by atoms with Gasteiger partial charge in [0.2, 0.25) is 5.91 Å². The van der Waals surface area contributed by atoms with E-state index in [2.05, 4.69) is 60.8 Å². The highest BCUT2D eigenvalue weighted by Gasteiger charge is 2.19. The Morgan fingerprint density at radius 1 is 0.778 bits per heavy atom. The molecule has 3 aromatic carbocycles. The van der Waals surface area contributed by atoms with Crippen molar-refractivity contribution in [2.24, 2.45) is 0 Å². The molecule has 1 atom stereocenters. The zero-order valence-corrected chi connectivity index (χ0v) is 15.8. The highest BCUT2D eigenvalue weighted by molar-refractivity contribution is 5.77. The van der Waals surface area contributed by atoms with Crippen LogP contribution in [-0.2, 0) is 11.2 Å². The van der Waals surface area contributed by atoms with Crippen LogP contribution in [0.25, 0.3) is 0 Å². The molecule has 0 aliphatic rings.